The third-order valence-corrected chi connectivity index (χ3v) is 28.6. The highest BCUT2D eigenvalue weighted by Crippen LogP contribution is 2.39. The van der Waals surface area contributed by atoms with Crippen molar-refractivity contribution in [3.63, 3.8) is 0 Å². The minimum absolute atomic E-state index is 0.00854. The Kier molecular flexibility index (Phi) is 38.5. The molecule has 141 heavy (non-hydrogen) atoms. The van der Waals surface area contributed by atoms with Crippen molar-refractivity contribution in [1.29, 1.82) is 0 Å². The second kappa shape index (κ2) is 51.3. The van der Waals surface area contributed by atoms with E-state index in [1.54, 1.807) is 50.6 Å². The van der Waals surface area contributed by atoms with Crippen LogP contribution in [0, 0.1) is 49.4 Å². The smallest absolute Gasteiger partial charge is 0.272 e. The molecule has 0 spiro atoms. The molecule has 0 radical (unpaired) electrons. The first-order chi connectivity index (χ1) is 67.9. The fraction of sp³-hybridized carbons (Fsp3) is 0.390. The van der Waals surface area contributed by atoms with Crippen LogP contribution in [0.15, 0.2) is 237 Å². The molecule has 0 saturated carbocycles. The lowest BCUT2D eigenvalue weighted by Crippen LogP contribution is -2.38. The lowest BCUT2D eigenvalue weighted by atomic mass is 9.98. The molecule has 0 atom stereocenters. The fourth-order valence-electron chi connectivity index (χ4n) is 17.9. The standard InChI is InChI=1S/2C21H26N2O.C20H24N2O3.C20H24N2O.C18H17Cl3N2O.C18H20N2O/c1-15(2)17-6-4-7-18(14-17)19-8-5-9-20(22-19)21(24)23-12-10-16(3)11-13-23;1-15(2)17-7-9-18(10-8-17)19-5-4-6-20(22-19)21(24)23-13-11-16(3)12-14-23;1-14-9-11-22(12-10-14)20(23)17-6-4-5-16(21-17)15-7-8-18(24-2)19(13-15)25-3;1-14-9-11-22(12-10-14)20(23)19-6-4-5-18(21-19)17-8-7-15(2)16(3)13-17;1-11-5-7-23(8-6-11)18(24)16-4-2-3-15(22-16)17-13(20)9-12(19)10-14(17)21;1-14-10-12-20(13-11-14)18(21)17-9-5-8-16(19-17)15-6-3-2-4-7-15/h4-9,14-16H,10-13H2,1-3H3;4-10,15-16H,11-14H2,1-3H3;4-8,13-14H,9-12H2,1-3H3;4-8,13-14H,9-12H2,1-3H3;2-4,9-11H,5-8H2,1H3;2-9,14H,10-13H2,1H3. The molecule has 738 valence electrons. The van der Waals surface area contributed by atoms with E-state index in [9.17, 15) is 28.8 Å². The van der Waals surface area contributed by atoms with Gasteiger partial charge in [-0.25, -0.2) is 29.9 Å². The molecule has 0 unspecified atom stereocenters. The minimum atomic E-state index is -0.0510. The van der Waals surface area contributed by atoms with Crippen molar-refractivity contribution >= 4 is 70.2 Å². The van der Waals surface area contributed by atoms with Crippen LogP contribution in [0.2, 0.25) is 15.1 Å². The van der Waals surface area contributed by atoms with Crippen LogP contribution in [0.1, 0.15) is 243 Å². The SMILES string of the molecule is CC1CCN(C(=O)c2cccc(-c3c(Cl)cc(Cl)cc3Cl)n2)CC1.CC1CCN(C(=O)c2cccc(-c3ccc(C(C)C)cc3)n2)CC1.CC1CCN(C(=O)c2cccc(-c3cccc(C(C)C)c3)n2)CC1.CC1CCN(C(=O)c2cccc(-c3ccccc3)n2)CC1.COc1ccc(-c2cccc(C(=O)N3CCC(C)CC3)n2)cc1OC.Cc1ccc(-c2cccc(C(=O)N3CCC(C)CC3)n2)cc1C. The molecule has 6 aliphatic heterocycles. The number of hydrogen-bond donors (Lipinski definition) is 0. The summed E-state index contributed by atoms with van der Waals surface area (Å²) in [7, 11) is 3.21. The first-order valence-electron chi connectivity index (χ1n) is 50.2. The largest absolute Gasteiger partial charge is 0.493 e. The van der Waals surface area contributed by atoms with Gasteiger partial charge in [0, 0.05) is 117 Å². The zero-order valence-corrected chi connectivity index (χ0v) is 86.6. The first kappa shape index (κ1) is 106. The normalized spacial score (nSPS) is 15.6. The van der Waals surface area contributed by atoms with Crippen molar-refractivity contribution in [2.75, 3.05) is 92.8 Å². The molecular formula is C118H137Cl3N12O8. The molecule has 0 aliphatic carbocycles. The van der Waals surface area contributed by atoms with Crippen molar-refractivity contribution in [3.8, 4) is 79.0 Å². The van der Waals surface area contributed by atoms with Gasteiger partial charge in [-0.1, -0.05) is 225 Å². The average Bonchev–Trinajstić information content (AvgIpc) is 0.809. The second-order valence-corrected chi connectivity index (χ2v) is 40.6. The highest BCUT2D eigenvalue weighted by molar-refractivity contribution is 6.41. The third-order valence-electron chi connectivity index (χ3n) is 27.8. The van der Waals surface area contributed by atoms with E-state index in [4.69, 9.17) is 44.3 Å². The number of ether oxygens (including phenoxy) is 2. The molecule has 12 heterocycles. The van der Waals surface area contributed by atoms with Gasteiger partial charge in [-0.3, -0.25) is 28.8 Å². The first-order valence-corrected chi connectivity index (χ1v) is 51.4. The Morgan fingerprint density at radius 2 is 0.532 bits per heavy atom. The van der Waals surface area contributed by atoms with E-state index in [1.165, 1.54) is 22.3 Å². The summed E-state index contributed by atoms with van der Waals surface area (Å²) in [6.45, 7) is 36.3. The Morgan fingerprint density at radius 1 is 0.270 bits per heavy atom. The molecule has 12 aromatic rings. The van der Waals surface area contributed by atoms with Gasteiger partial charge in [-0.15, -0.1) is 0 Å². The lowest BCUT2D eigenvalue weighted by molar-refractivity contribution is 0.0684. The number of carbonyl (C=O) groups excluding carboxylic acids is 6. The van der Waals surface area contributed by atoms with E-state index in [1.807, 2.05) is 163 Å². The molecule has 18 rings (SSSR count). The summed E-state index contributed by atoms with van der Waals surface area (Å²) in [5.74, 6) is 6.71. The van der Waals surface area contributed by atoms with E-state index in [2.05, 4.69) is 180 Å². The summed E-state index contributed by atoms with van der Waals surface area (Å²) in [6.07, 6.45) is 12.9. The second-order valence-electron chi connectivity index (χ2n) is 39.3. The zero-order chi connectivity index (χ0) is 100. The maximum absolute atomic E-state index is 12.7. The number of halogens is 3. The Labute approximate surface area is 849 Å². The number of methoxy groups -OCH3 is 2. The summed E-state index contributed by atoms with van der Waals surface area (Å²) < 4.78 is 10.6. The highest BCUT2D eigenvalue weighted by atomic mass is 35.5. The Bertz CT molecular complexity index is 6190. The molecule has 6 saturated heterocycles. The summed E-state index contributed by atoms with van der Waals surface area (Å²) in [6, 6.07) is 75.8. The van der Waals surface area contributed by atoms with E-state index >= 15 is 0 Å². The van der Waals surface area contributed by atoms with Crippen LogP contribution in [-0.2, 0) is 0 Å². The predicted octanol–water partition coefficient (Wildman–Crippen LogP) is 26.6. The van der Waals surface area contributed by atoms with Crippen LogP contribution in [-0.4, -0.2) is 188 Å². The quantitative estimate of drug-likeness (QED) is 0.0879. The number of nitrogens with zero attached hydrogens (tertiary/aromatic N) is 12. The number of carbonyl (C=O) groups is 6. The van der Waals surface area contributed by atoms with E-state index in [0.29, 0.717) is 113 Å². The number of aryl methyl sites for hydroxylation is 2. The number of pyridine rings is 6. The molecule has 6 aromatic heterocycles. The van der Waals surface area contributed by atoms with E-state index < -0.39 is 0 Å². The number of piperidine rings is 6. The predicted molar refractivity (Wildman–Crippen MR) is 570 cm³/mol. The van der Waals surface area contributed by atoms with Gasteiger partial charge in [0.15, 0.2) is 11.5 Å². The van der Waals surface area contributed by atoms with E-state index in [0.717, 1.165) is 218 Å². The van der Waals surface area contributed by atoms with Crippen molar-refractivity contribution in [2.45, 2.75) is 172 Å². The van der Waals surface area contributed by atoms with Crippen molar-refractivity contribution in [2.24, 2.45) is 35.5 Å². The molecule has 20 nitrogen and oxygen atoms in total. The summed E-state index contributed by atoms with van der Waals surface area (Å²) >= 11 is 18.5. The zero-order valence-electron chi connectivity index (χ0n) is 84.4. The molecule has 0 N–H and O–H groups in total. The third kappa shape index (κ3) is 29.4. The maximum Gasteiger partial charge on any atom is 0.272 e. The minimum Gasteiger partial charge on any atom is -0.493 e. The van der Waals surface area contributed by atoms with Crippen molar-refractivity contribution < 1.29 is 38.2 Å². The van der Waals surface area contributed by atoms with Crippen LogP contribution < -0.4 is 9.47 Å². The van der Waals surface area contributed by atoms with E-state index in [-0.39, 0.29) is 35.4 Å². The van der Waals surface area contributed by atoms with Crippen LogP contribution >= 0.6 is 34.8 Å². The number of amides is 6. The molecular weight excluding hydrogens is 1820 g/mol. The molecule has 0 bridgehead atoms. The van der Waals surface area contributed by atoms with Gasteiger partial charge in [-0.05, 0) is 276 Å². The van der Waals surface area contributed by atoms with Gasteiger partial charge in [0.1, 0.15) is 34.2 Å². The number of aromatic nitrogens is 6. The summed E-state index contributed by atoms with van der Waals surface area (Å²) in [4.78, 5) is 115. The number of rotatable bonds is 16. The molecule has 6 amide bonds. The molecule has 6 aliphatic rings. The Hall–Kier alpha value is -12.5. The van der Waals surface area contributed by atoms with Crippen LogP contribution in [0.25, 0.3) is 67.5 Å². The number of hydrogen-bond acceptors (Lipinski definition) is 14. The van der Waals surface area contributed by atoms with Crippen LogP contribution in [0.4, 0.5) is 0 Å². The average molecular weight is 1960 g/mol. The van der Waals surface area contributed by atoms with Gasteiger partial charge in [0.05, 0.1) is 58.4 Å². The number of benzene rings is 6. The van der Waals surface area contributed by atoms with Gasteiger partial charge >= 0.3 is 0 Å². The molecule has 23 heteroatoms. The van der Waals surface area contributed by atoms with Crippen LogP contribution in [0.5, 0.6) is 11.5 Å². The summed E-state index contributed by atoms with van der Waals surface area (Å²) in [5, 5.41) is 1.29. The van der Waals surface area contributed by atoms with Crippen LogP contribution in [0.3, 0.4) is 0 Å². The summed E-state index contributed by atoms with van der Waals surface area (Å²) in [5.41, 5.74) is 18.7. The Balaban J connectivity index is 0.000000142. The molecule has 6 fully saturated rings. The van der Waals surface area contributed by atoms with Crippen molar-refractivity contribution in [1.82, 2.24) is 59.3 Å². The maximum atomic E-state index is 12.7. The fourth-order valence-corrected chi connectivity index (χ4v) is 18.9. The highest BCUT2D eigenvalue weighted by Gasteiger charge is 2.31. The monoisotopic (exact) mass is 1950 g/mol. The van der Waals surface area contributed by atoms with Gasteiger partial charge in [0.2, 0.25) is 0 Å². The van der Waals surface area contributed by atoms with Gasteiger partial charge in [0.25, 0.3) is 35.4 Å². The topological polar surface area (TPSA) is 218 Å². The van der Waals surface area contributed by atoms with Crippen molar-refractivity contribution in [3.05, 3.63) is 308 Å². The van der Waals surface area contributed by atoms with Gasteiger partial charge < -0.3 is 38.9 Å². The lowest BCUT2D eigenvalue weighted by Gasteiger charge is -2.30. The number of likely N-dealkylation sites (tertiary alicyclic amines) is 6. The molecule has 6 aromatic carbocycles. The van der Waals surface area contributed by atoms with Gasteiger partial charge in [-0.2, -0.15) is 0 Å². The Morgan fingerprint density at radius 3 is 0.844 bits per heavy atom.